The summed E-state index contributed by atoms with van der Waals surface area (Å²) in [6, 6.07) is 4.19. The molecule has 0 bridgehead atoms. The number of carboxylic acids is 1. The van der Waals surface area contributed by atoms with Crippen LogP contribution in [0.25, 0.3) is 0 Å². The van der Waals surface area contributed by atoms with Crippen molar-refractivity contribution in [1.29, 1.82) is 0 Å². The van der Waals surface area contributed by atoms with Crippen LogP contribution in [-0.2, 0) is 11.2 Å². The topological polar surface area (TPSA) is 104 Å². The highest BCUT2D eigenvalue weighted by atomic mass is 16.5. The Morgan fingerprint density at radius 2 is 1.85 bits per heavy atom. The quantitative estimate of drug-likeness (QED) is 0.482. The van der Waals surface area contributed by atoms with Gasteiger partial charge in [-0.2, -0.15) is 0 Å². The number of unbranched alkanes of at least 4 members (excludes halogenated alkanes) is 1. The molecular weight excluding hydrogens is 264 g/mol. The highest BCUT2D eigenvalue weighted by Gasteiger charge is 2.15. The number of ether oxygens (including phenoxy) is 1. The second-order valence-corrected chi connectivity index (χ2v) is 4.22. The highest BCUT2D eigenvalue weighted by molar-refractivity contribution is 5.94. The molecule has 6 nitrogen and oxygen atoms in total. The number of carbonyl (C=O) groups excluding carboxylic acids is 1. The number of hydrogen-bond donors (Lipinski definition) is 3. The molecule has 1 aromatic carbocycles. The van der Waals surface area contributed by atoms with Crippen molar-refractivity contribution in [3.63, 3.8) is 0 Å². The van der Waals surface area contributed by atoms with Crippen LogP contribution in [0.15, 0.2) is 18.2 Å². The predicted octanol–water partition coefficient (Wildman–Crippen LogP) is 0.849. The molecule has 1 aromatic rings. The average molecular weight is 282 g/mol. The number of esters is 1. The van der Waals surface area contributed by atoms with Crippen molar-refractivity contribution in [1.82, 2.24) is 0 Å². The minimum atomic E-state index is -1.07. The molecule has 0 heterocycles. The van der Waals surface area contributed by atoms with Gasteiger partial charge in [0.1, 0.15) is 6.61 Å². The maximum atomic E-state index is 11.8. The van der Waals surface area contributed by atoms with Gasteiger partial charge in [0.2, 0.25) is 0 Å². The Hall–Kier alpha value is -1.92. The van der Waals surface area contributed by atoms with Crippen LogP contribution >= 0.6 is 0 Å². The highest BCUT2D eigenvalue weighted by Crippen LogP contribution is 2.16. The number of hydrogen-bond acceptors (Lipinski definition) is 5. The summed E-state index contributed by atoms with van der Waals surface area (Å²) in [4.78, 5) is 22.8. The lowest BCUT2D eigenvalue weighted by atomic mass is 9.99. The largest absolute Gasteiger partial charge is 0.478 e. The smallest absolute Gasteiger partial charge is 0.338 e. The van der Waals surface area contributed by atoms with Gasteiger partial charge in [-0.3, -0.25) is 0 Å². The molecule has 0 fully saturated rings. The summed E-state index contributed by atoms with van der Waals surface area (Å²) < 4.78 is 4.84. The number of carbonyl (C=O) groups is 2. The molecular formula is C14H18O6. The first-order chi connectivity index (χ1) is 9.60. The van der Waals surface area contributed by atoms with Gasteiger partial charge in [-0.25, -0.2) is 9.59 Å². The normalized spacial score (nSPS) is 10.3. The van der Waals surface area contributed by atoms with E-state index in [-0.39, 0.29) is 25.4 Å². The SMILES string of the molecule is O=C(O)c1ccc(C(=O)OCCO)c(CCCCO)c1. The first kappa shape index (κ1) is 16.1. The summed E-state index contributed by atoms with van der Waals surface area (Å²) >= 11 is 0. The summed E-state index contributed by atoms with van der Waals surface area (Å²) in [6.07, 6.45) is 1.69. The van der Waals surface area contributed by atoms with E-state index in [1.807, 2.05) is 0 Å². The van der Waals surface area contributed by atoms with E-state index in [2.05, 4.69) is 0 Å². The molecule has 0 aromatic heterocycles. The summed E-state index contributed by atoms with van der Waals surface area (Å²) in [7, 11) is 0. The van der Waals surface area contributed by atoms with Gasteiger partial charge in [0.05, 0.1) is 17.7 Å². The number of aliphatic hydroxyl groups is 2. The van der Waals surface area contributed by atoms with E-state index in [1.54, 1.807) is 0 Å². The Balaban J connectivity index is 2.95. The Morgan fingerprint density at radius 1 is 1.10 bits per heavy atom. The van der Waals surface area contributed by atoms with E-state index in [4.69, 9.17) is 20.1 Å². The van der Waals surface area contributed by atoms with E-state index < -0.39 is 11.9 Å². The van der Waals surface area contributed by atoms with E-state index in [0.717, 1.165) is 0 Å². The van der Waals surface area contributed by atoms with Gasteiger partial charge in [0.15, 0.2) is 0 Å². The molecule has 0 aliphatic carbocycles. The molecule has 0 amide bonds. The molecule has 3 N–H and O–H groups in total. The number of aliphatic hydroxyl groups excluding tert-OH is 2. The van der Waals surface area contributed by atoms with Gasteiger partial charge in [-0.15, -0.1) is 0 Å². The van der Waals surface area contributed by atoms with Gasteiger partial charge in [0, 0.05) is 6.61 Å². The van der Waals surface area contributed by atoms with Crippen molar-refractivity contribution < 1.29 is 29.6 Å². The number of benzene rings is 1. The fraction of sp³-hybridized carbons (Fsp3) is 0.429. The lowest BCUT2D eigenvalue weighted by Crippen LogP contribution is -2.12. The molecule has 0 aliphatic rings. The van der Waals surface area contributed by atoms with Crippen molar-refractivity contribution in [3.05, 3.63) is 34.9 Å². The summed E-state index contributed by atoms with van der Waals surface area (Å²) in [5.74, 6) is -1.65. The number of carboxylic acid groups (broad SMARTS) is 1. The lowest BCUT2D eigenvalue weighted by molar-refractivity contribution is 0.0431. The molecule has 1 rings (SSSR count). The van der Waals surface area contributed by atoms with Crippen LogP contribution in [0.3, 0.4) is 0 Å². The second kappa shape index (κ2) is 8.29. The minimum absolute atomic E-state index is 0.0446. The van der Waals surface area contributed by atoms with Gasteiger partial charge >= 0.3 is 11.9 Å². The fourth-order valence-electron chi connectivity index (χ4n) is 1.78. The third-order valence-electron chi connectivity index (χ3n) is 2.75. The molecule has 0 saturated carbocycles. The van der Waals surface area contributed by atoms with Gasteiger partial charge in [-0.1, -0.05) is 0 Å². The van der Waals surface area contributed by atoms with Crippen molar-refractivity contribution in [2.45, 2.75) is 19.3 Å². The van der Waals surface area contributed by atoms with Crippen LogP contribution in [0.1, 0.15) is 39.1 Å². The molecule has 0 spiro atoms. The van der Waals surface area contributed by atoms with E-state index in [1.165, 1.54) is 18.2 Å². The van der Waals surface area contributed by atoms with Crippen LogP contribution in [0, 0.1) is 0 Å². The summed E-state index contributed by atoms with van der Waals surface area (Å²) in [6.45, 7) is -0.322. The molecule has 6 heteroatoms. The standard InChI is InChI=1S/C14H18O6/c15-6-2-1-3-10-9-11(13(17)18)4-5-12(10)14(19)20-8-7-16/h4-5,9,15-16H,1-3,6-8H2,(H,17,18). The van der Waals surface area contributed by atoms with E-state index in [9.17, 15) is 9.59 Å². The van der Waals surface area contributed by atoms with E-state index in [0.29, 0.717) is 30.4 Å². The van der Waals surface area contributed by atoms with Crippen molar-refractivity contribution in [2.75, 3.05) is 19.8 Å². The molecule has 20 heavy (non-hydrogen) atoms. The molecule has 0 unspecified atom stereocenters. The van der Waals surface area contributed by atoms with Gasteiger partial charge in [-0.05, 0) is 43.0 Å². The predicted molar refractivity (Wildman–Crippen MR) is 70.8 cm³/mol. The van der Waals surface area contributed by atoms with Crippen molar-refractivity contribution in [3.8, 4) is 0 Å². The first-order valence-electron chi connectivity index (χ1n) is 6.35. The fourth-order valence-corrected chi connectivity index (χ4v) is 1.78. The summed E-state index contributed by atoms with van der Waals surface area (Å²) in [5.41, 5.74) is 0.963. The number of aryl methyl sites for hydroxylation is 1. The first-order valence-corrected chi connectivity index (χ1v) is 6.35. The summed E-state index contributed by atoms with van der Waals surface area (Å²) in [5, 5.41) is 26.4. The lowest BCUT2D eigenvalue weighted by Gasteiger charge is -2.10. The van der Waals surface area contributed by atoms with E-state index >= 15 is 0 Å². The van der Waals surface area contributed by atoms with Crippen LogP contribution in [0.5, 0.6) is 0 Å². The van der Waals surface area contributed by atoms with Crippen molar-refractivity contribution >= 4 is 11.9 Å². The maximum absolute atomic E-state index is 11.8. The van der Waals surface area contributed by atoms with Crippen LogP contribution in [0.4, 0.5) is 0 Å². The zero-order valence-electron chi connectivity index (χ0n) is 11.0. The monoisotopic (exact) mass is 282 g/mol. The van der Waals surface area contributed by atoms with Gasteiger partial charge in [0.25, 0.3) is 0 Å². The Kier molecular flexibility index (Phi) is 6.69. The minimum Gasteiger partial charge on any atom is -0.478 e. The Bertz CT molecular complexity index is 469. The zero-order chi connectivity index (χ0) is 15.0. The Labute approximate surface area is 116 Å². The molecule has 0 atom stereocenters. The van der Waals surface area contributed by atoms with Crippen molar-refractivity contribution in [2.24, 2.45) is 0 Å². The van der Waals surface area contributed by atoms with Crippen LogP contribution in [-0.4, -0.2) is 47.1 Å². The number of rotatable bonds is 8. The zero-order valence-corrected chi connectivity index (χ0v) is 11.0. The Morgan fingerprint density at radius 3 is 2.45 bits per heavy atom. The third kappa shape index (κ3) is 4.64. The van der Waals surface area contributed by atoms with Gasteiger partial charge < -0.3 is 20.1 Å². The second-order valence-electron chi connectivity index (χ2n) is 4.22. The third-order valence-corrected chi connectivity index (χ3v) is 2.75. The molecule has 110 valence electrons. The van der Waals surface area contributed by atoms with Crippen LogP contribution < -0.4 is 0 Å². The average Bonchev–Trinajstić information content (AvgIpc) is 2.44. The molecule has 0 saturated heterocycles. The molecule has 0 aliphatic heterocycles. The molecule has 0 radical (unpaired) electrons. The number of aromatic carboxylic acids is 1. The van der Waals surface area contributed by atoms with Crippen LogP contribution in [0.2, 0.25) is 0 Å². The maximum Gasteiger partial charge on any atom is 0.338 e.